The molecule has 1 aromatic carbocycles. The van der Waals surface area contributed by atoms with Crippen LogP contribution in [0.2, 0.25) is 0 Å². The average molecular weight is 436 g/mol. The van der Waals surface area contributed by atoms with E-state index < -0.39 is 11.7 Å². The molecule has 1 aromatic heterocycles. The molecule has 1 unspecified atom stereocenters. The molecule has 5 nitrogen and oxygen atoms in total. The Balaban J connectivity index is 1.42. The normalized spacial score (nSPS) is 20.8. The molecule has 0 spiro atoms. The maximum absolute atomic E-state index is 13.0. The average Bonchev–Trinajstić information content (AvgIpc) is 3.46. The number of halogens is 3. The molecule has 0 N–H and O–H groups in total. The third-order valence-electron chi connectivity index (χ3n) is 6.04. The number of carbonyl (C=O) groups excluding carboxylic acids is 1. The van der Waals surface area contributed by atoms with Gasteiger partial charge >= 0.3 is 6.18 Å². The molecule has 2 heterocycles. The van der Waals surface area contributed by atoms with E-state index in [1.54, 1.807) is 18.2 Å². The molecule has 2 aromatic rings. The smallest absolute Gasteiger partial charge is 0.416 e. The Kier molecular flexibility index (Phi) is 6.67. The minimum atomic E-state index is -4.35. The lowest BCUT2D eigenvalue weighted by atomic mass is 10.1. The number of ether oxygens (including phenoxy) is 1. The molecule has 1 saturated carbocycles. The predicted molar refractivity (Wildman–Crippen MR) is 108 cm³/mol. The number of carbonyl (C=O) groups is 1. The molecule has 1 aliphatic heterocycles. The van der Waals surface area contributed by atoms with Crippen molar-refractivity contribution in [3.63, 3.8) is 0 Å². The Morgan fingerprint density at radius 3 is 2.68 bits per heavy atom. The lowest BCUT2D eigenvalue weighted by Crippen LogP contribution is -2.50. The van der Waals surface area contributed by atoms with Crippen LogP contribution >= 0.6 is 0 Å². The van der Waals surface area contributed by atoms with Crippen molar-refractivity contribution in [1.29, 1.82) is 0 Å². The van der Waals surface area contributed by atoms with Crippen LogP contribution in [0.3, 0.4) is 0 Å². The number of amides is 1. The van der Waals surface area contributed by atoms with E-state index in [2.05, 4.69) is 4.90 Å². The van der Waals surface area contributed by atoms with Crippen LogP contribution in [0.5, 0.6) is 0 Å². The predicted octanol–water partition coefficient (Wildman–Crippen LogP) is 4.58. The van der Waals surface area contributed by atoms with Crippen molar-refractivity contribution in [1.82, 2.24) is 9.80 Å². The quantitative estimate of drug-likeness (QED) is 0.665. The number of nitrogens with zero attached hydrogens (tertiary/aromatic N) is 2. The van der Waals surface area contributed by atoms with Crippen molar-refractivity contribution in [3.05, 3.63) is 59.5 Å². The Morgan fingerprint density at radius 1 is 1.16 bits per heavy atom. The van der Waals surface area contributed by atoms with Crippen LogP contribution in [0.1, 0.15) is 47.4 Å². The highest BCUT2D eigenvalue weighted by Gasteiger charge is 2.33. The van der Waals surface area contributed by atoms with E-state index in [9.17, 15) is 18.0 Å². The summed E-state index contributed by atoms with van der Waals surface area (Å²) in [4.78, 5) is 17.0. The van der Waals surface area contributed by atoms with Crippen LogP contribution in [0.25, 0.3) is 0 Å². The molecule has 1 saturated heterocycles. The monoisotopic (exact) mass is 436 g/mol. The zero-order chi connectivity index (χ0) is 21.8. The zero-order valence-electron chi connectivity index (χ0n) is 17.3. The first-order valence-corrected chi connectivity index (χ1v) is 10.7. The Labute approximate surface area is 179 Å². The fraction of sp³-hybridized carbons (Fsp3) is 0.522. The van der Waals surface area contributed by atoms with Crippen LogP contribution < -0.4 is 0 Å². The van der Waals surface area contributed by atoms with E-state index in [1.807, 2.05) is 4.90 Å². The van der Waals surface area contributed by atoms with Gasteiger partial charge in [0.15, 0.2) is 5.76 Å². The highest BCUT2D eigenvalue weighted by atomic mass is 19.4. The Bertz CT molecular complexity index is 863. The number of morpholine rings is 1. The van der Waals surface area contributed by atoms with Crippen LogP contribution in [0.15, 0.2) is 47.1 Å². The fourth-order valence-electron chi connectivity index (χ4n) is 4.51. The van der Waals surface area contributed by atoms with Gasteiger partial charge in [0, 0.05) is 32.2 Å². The minimum absolute atomic E-state index is 0.129. The molecule has 2 aliphatic rings. The van der Waals surface area contributed by atoms with Crippen molar-refractivity contribution in [3.8, 4) is 0 Å². The van der Waals surface area contributed by atoms with Crippen LogP contribution in [-0.2, 0) is 17.5 Å². The first-order valence-electron chi connectivity index (χ1n) is 10.7. The molecular weight excluding hydrogens is 409 g/mol. The van der Waals surface area contributed by atoms with Crippen LogP contribution in [0.4, 0.5) is 13.2 Å². The minimum Gasteiger partial charge on any atom is -0.459 e. The third-order valence-corrected chi connectivity index (χ3v) is 6.04. The van der Waals surface area contributed by atoms with E-state index in [-0.39, 0.29) is 18.1 Å². The summed E-state index contributed by atoms with van der Waals surface area (Å²) in [6, 6.07) is 8.99. The molecule has 1 atom stereocenters. The summed E-state index contributed by atoms with van der Waals surface area (Å²) in [7, 11) is 0. The molecule has 2 fully saturated rings. The van der Waals surface area contributed by atoms with Gasteiger partial charge in [-0.3, -0.25) is 9.69 Å². The molecule has 31 heavy (non-hydrogen) atoms. The molecule has 8 heteroatoms. The topological polar surface area (TPSA) is 45.9 Å². The summed E-state index contributed by atoms with van der Waals surface area (Å²) in [5, 5.41) is 0. The maximum Gasteiger partial charge on any atom is 0.416 e. The number of alkyl halides is 3. The number of rotatable bonds is 6. The van der Waals surface area contributed by atoms with Crippen molar-refractivity contribution in [2.24, 2.45) is 0 Å². The highest BCUT2D eigenvalue weighted by Crippen LogP contribution is 2.30. The number of furan rings is 1. The number of hydrogen-bond donors (Lipinski definition) is 0. The Morgan fingerprint density at radius 2 is 1.97 bits per heavy atom. The summed E-state index contributed by atoms with van der Waals surface area (Å²) in [5.41, 5.74) is -0.0129. The Hall–Kier alpha value is -2.32. The van der Waals surface area contributed by atoms with E-state index in [1.165, 1.54) is 18.4 Å². The molecule has 168 valence electrons. The number of hydrogen-bond acceptors (Lipinski definition) is 4. The summed E-state index contributed by atoms with van der Waals surface area (Å²) >= 11 is 0. The summed E-state index contributed by atoms with van der Waals surface area (Å²) in [5.74, 6) is 0.194. The maximum atomic E-state index is 13.0. The zero-order valence-corrected chi connectivity index (χ0v) is 17.3. The first-order chi connectivity index (χ1) is 14.9. The van der Waals surface area contributed by atoms with E-state index >= 15 is 0 Å². The van der Waals surface area contributed by atoms with Gasteiger partial charge in [-0.15, -0.1) is 0 Å². The van der Waals surface area contributed by atoms with Gasteiger partial charge in [-0.05, 0) is 36.6 Å². The van der Waals surface area contributed by atoms with Crippen molar-refractivity contribution < 1.29 is 27.1 Å². The molecule has 0 bridgehead atoms. The van der Waals surface area contributed by atoms with Gasteiger partial charge in [-0.2, -0.15) is 13.2 Å². The molecular formula is C23H27F3N2O3. The van der Waals surface area contributed by atoms with Gasteiger partial charge in [0.25, 0.3) is 5.91 Å². The molecule has 1 aliphatic carbocycles. The largest absolute Gasteiger partial charge is 0.459 e. The van der Waals surface area contributed by atoms with Gasteiger partial charge in [0.1, 0.15) is 0 Å². The van der Waals surface area contributed by atoms with Gasteiger partial charge in [-0.1, -0.05) is 31.0 Å². The summed E-state index contributed by atoms with van der Waals surface area (Å²) < 4.78 is 50.3. The first kappa shape index (κ1) is 21.9. The van der Waals surface area contributed by atoms with E-state index in [4.69, 9.17) is 9.15 Å². The second kappa shape index (κ2) is 9.44. The lowest BCUT2D eigenvalue weighted by molar-refractivity contribution is -0.137. The number of benzene rings is 1. The molecule has 1 amide bonds. The van der Waals surface area contributed by atoms with Gasteiger partial charge in [0.2, 0.25) is 0 Å². The van der Waals surface area contributed by atoms with Gasteiger partial charge in [0.05, 0.1) is 24.5 Å². The van der Waals surface area contributed by atoms with E-state index in [0.29, 0.717) is 44.1 Å². The standard InChI is InChI=1S/C23H27F3N2O3/c24-23(25,26)18-6-3-5-17(13-18)14-27-10-12-30-20(15-27)16-28(19-7-1-2-8-19)22(29)21-9-4-11-31-21/h3-6,9,11,13,19-20H,1-2,7-8,10,12,14-16H2. The molecule has 4 rings (SSSR count). The summed E-state index contributed by atoms with van der Waals surface area (Å²) in [6.45, 7) is 2.55. The van der Waals surface area contributed by atoms with Crippen molar-refractivity contribution >= 4 is 5.91 Å². The van der Waals surface area contributed by atoms with Crippen molar-refractivity contribution in [2.45, 2.75) is 50.6 Å². The van der Waals surface area contributed by atoms with Crippen molar-refractivity contribution in [2.75, 3.05) is 26.2 Å². The lowest BCUT2D eigenvalue weighted by Gasteiger charge is -2.37. The van der Waals surface area contributed by atoms with Gasteiger partial charge < -0.3 is 14.1 Å². The van der Waals surface area contributed by atoms with Gasteiger partial charge in [-0.25, -0.2) is 0 Å². The third kappa shape index (κ3) is 5.49. The summed E-state index contributed by atoms with van der Waals surface area (Å²) in [6.07, 6.45) is 1.07. The fourth-order valence-corrected chi connectivity index (χ4v) is 4.51. The second-order valence-electron chi connectivity index (χ2n) is 8.30. The van der Waals surface area contributed by atoms with Crippen LogP contribution in [-0.4, -0.2) is 54.1 Å². The highest BCUT2D eigenvalue weighted by molar-refractivity contribution is 5.91. The second-order valence-corrected chi connectivity index (χ2v) is 8.30. The van der Waals surface area contributed by atoms with Crippen LogP contribution in [0, 0.1) is 0 Å². The molecule has 0 radical (unpaired) electrons. The van der Waals surface area contributed by atoms with E-state index in [0.717, 1.165) is 31.7 Å². The SMILES string of the molecule is O=C(c1ccco1)N(CC1CN(Cc2cccc(C(F)(F)F)c2)CCO1)C1CCCC1.